The molecule has 0 saturated carbocycles. The molecule has 0 spiro atoms. The maximum absolute atomic E-state index is 10.9. The molecule has 70 valence electrons. The van der Waals surface area contributed by atoms with Crippen molar-refractivity contribution in [2.45, 2.75) is 5.75 Å². The van der Waals surface area contributed by atoms with Crippen LogP contribution in [0, 0.1) is 5.41 Å². The monoisotopic (exact) mass is 200 g/mol. The Labute approximate surface area is 78.1 Å². The molecule has 0 unspecified atom stereocenters. The van der Waals surface area contributed by atoms with E-state index in [-0.39, 0.29) is 5.17 Å². The summed E-state index contributed by atoms with van der Waals surface area (Å²) >= 11 is 1.05. The Kier molecular flexibility index (Phi) is 2.97. The summed E-state index contributed by atoms with van der Waals surface area (Å²) in [6.07, 6.45) is 0.971. The summed E-state index contributed by atoms with van der Waals surface area (Å²) < 4.78 is 4.87. The lowest BCUT2D eigenvalue weighted by atomic mass is 10.4. The molecule has 0 amide bonds. The molecular formula is C7H8N2O3S. The highest BCUT2D eigenvalue weighted by molar-refractivity contribution is 8.13. The minimum atomic E-state index is -0.495. The third kappa shape index (κ3) is 2.83. The van der Waals surface area contributed by atoms with Crippen LogP contribution in [0.4, 0.5) is 0 Å². The molecule has 0 aromatic carbocycles. The Balaban J connectivity index is 2.74. The van der Waals surface area contributed by atoms with Crippen LogP contribution in [0.5, 0.6) is 5.75 Å². The molecule has 1 rings (SSSR count). The summed E-state index contributed by atoms with van der Waals surface area (Å²) in [6.45, 7) is 0. The molecule has 0 fully saturated rings. The van der Waals surface area contributed by atoms with Crippen LogP contribution in [-0.2, 0) is 5.75 Å². The normalized spacial score (nSPS) is 9.85. The summed E-state index contributed by atoms with van der Waals surface area (Å²) in [4.78, 5) is 10.9. The van der Waals surface area contributed by atoms with E-state index in [1.807, 2.05) is 0 Å². The third-order valence-electron chi connectivity index (χ3n) is 1.24. The van der Waals surface area contributed by atoms with E-state index in [1.165, 1.54) is 6.07 Å². The van der Waals surface area contributed by atoms with Crippen molar-refractivity contribution in [3.8, 4) is 5.75 Å². The zero-order valence-corrected chi connectivity index (χ0v) is 7.43. The lowest BCUT2D eigenvalue weighted by Gasteiger charge is -1.98. The molecule has 0 aliphatic carbocycles. The molecular weight excluding hydrogens is 192 g/mol. The van der Waals surface area contributed by atoms with E-state index >= 15 is 0 Å². The van der Waals surface area contributed by atoms with Crippen molar-refractivity contribution in [1.29, 1.82) is 5.41 Å². The van der Waals surface area contributed by atoms with Crippen molar-refractivity contribution < 1.29 is 9.52 Å². The van der Waals surface area contributed by atoms with Crippen LogP contribution in [0.2, 0.25) is 0 Å². The number of amidine groups is 1. The molecule has 1 heterocycles. The predicted octanol–water partition coefficient (Wildman–Crippen LogP) is 0.472. The van der Waals surface area contributed by atoms with Gasteiger partial charge >= 0.3 is 0 Å². The predicted molar refractivity (Wildman–Crippen MR) is 49.9 cm³/mol. The van der Waals surface area contributed by atoms with Crippen LogP contribution in [0.3, 0.4) is 0 Å². The highest BCUT2D eigenvalue weighted by atomic mass is 32.2. The fourth-order valence-electron chi connectivity index (χ4n) is 0.668. The van der Waals surface area contributed by atoms with Crippen LogP contribution < -0.4 is 11.2 Å². The molecule has 5 nitrogen and oxygen atoms in total. The molecule has 1 aromatic heterocycles. The van der Waals surface area contributed by atoms with Gasteiger partial charge in [0, 0.05) is 6.07 Å². The van der Waals surface area contributed by atoms with E-state index in [9.17, 15) is 4.79 Å². The second-order valence-electron chi connectivity index (χ2n) is 2.25. The van der Waals surface area contributed by atoms with Gasteiger partial charge in [0.2, 0.25) is 5.43 Å². The van der Waals surface area contributed by atoms with E-state index < -0.39 is 11.2 Å². The van der Waals surface area contributed by atoms with Gasteiger partial charge in [-0.3, -0.25) is 10.2 Å². The number of rotatable bonds is 2. The van der Waals surface area contributed by atoms with E-state index in [2.05, 4.69) is 0 Å². The molecule has 13 heavy (non-hydrogen) atoms. The Bertz CT molecular complexity index is 374. The molecule has 0 radical (unpaired) electrons. The lowest BCUT2D eigenvalue weighted by Crippen LogP contribution is -2.05. The van der Waals surface area contributed by atoms with Crippen LogP contribution in [0.1, 0.15) is 5.76 Å². The van der Waals surface area contributed by atoms with Crippen molar-refractivity contribution in [2.24, 2.45) is 5.73 Å². The molecule has 0 saturated heterocycles. The zero-order valence-electron chi connectivity index (χ0n) is 6.61. The Morgan fingerprint density at radius 3 is 3.00 bits per heavy atom. The minimum Gasteiger partial charge on any atom is -0.502 e. The summed E-state index contributed by atoms with van der Waals surface area (Å²) in [6, 6.07) is 1.17. The molecule has 1 aromatic rings. The minimum absolute atomic E-state index is 0.0456. The highest BCUT2D eigenvalue weighted by Gasteiger charge is 2.02. The van der Waals surface area contributed by atoms with Crippen LogP contribution in [0.15, 0.2) is 21.5 Å². The van der Waals surface area contributed by atoms with Crippen molar-refractivity contribution in [1.82, 2.24) is 0 Å². The summed E-state index contributed by atoms with van der Waals surface area (Å²) in [7, 11) is 0. The standard InChI is InChI=1S/C7H8N2O3S/c8-7(9)13-3-4-1-5(10)6(11)2-12-4/h1-2,11H,3H2,(H3,8,9). The van der Waals surface area contributed by atoms with Crippen LogP contribution in [-0.4, -0.2) is 10.3 Å². The van der Waals surface area contributed by atoms with Crippen molar-refractivity contribution in [2.75, 3.05) is 0 Å². The largest absolute Gasteiger partial charge is 0.502 e. The highest BCUT2D eigenvalue weighted by Crippen LogP contribution is 2.11. The van der Waals surface area contributed by atoms with Crippen molar-refractivity contribution in [3.05, 3.63) is 28.3 Å². The summed E-state index contributed by atoms with van der Waals surface area (Å²) in [5, 5.41) is 15.7. The van der Waals surface area contributed by atoms with Crippen LogP contribution in [0.25, 0.3) is 0 Å². The average Bonchev–Trinajstić information content (AvgIpc) is 2.07. The van der Waals surface area contributed by atoms with E-state index in [1.54, 1.807) is 0 Å². The van der Waals surface area contributed by atoms with Gasteiger partial charge in [0.15, 0.2) is 10.9 Å². The first-order valence-corrected chi connectivity index (χ1v) is 4.35. The maximum atomic E-state index is 10.9. The van der Waals surface area contributed by atoms with Gasteiger partial charge in [-0.05, 0) is 0 Å². The van der Waals surface area contributed by atoms with E-state index in [0.29, 0.717) is 11.5 Å². The average molecular weight is 200 g/mol. The molecule has 0 bridgehead atoms. The summed E-state index contributed by atoms with van der Waals surface area (Å²) in [5.41, 5.74) is 4.59. The second-order valence-corrected chi connectivity index (χ2v) is 3.27. The van der Waals surface area contributed by atoms with Gasteiger partial charge in [-0.1, -0.05) is 11.8 Å². The van der Waals surface area contributed by atoms with Gasteiger partial charge in [-0.15, -0.1) is 0 Å². The molecule has 6 heteroatoms. The topological polar surface area (TPSA) is 100 Å². The van der Waals surface area contributed by atoms with Gasteiger partial charge in [-0.2, -0.15) is 0 Å². The van der Waals surface area contributed by atoms with Gasteiger partial charge in [0.1, 0.15) is 12.0 Å². The molecule has 0 aliphatic rings. The fraction of sp³-hybridized carbons (Fsp3) is 0.143. The maximum Gasteiger partial charge on any atom is 0.226 e. The van der Waals surface area contributed by atoms with Gasteiger partial charge in [0.05, 0.1) is 5.75 Å². The van der Waals surface area contributed by atoms with Crippen LogP contribution >= 0.6 is 11.8 Å². The van der Waals surface area contributed by atoms with Gasteiger partial charge < -0.3 is 15.3 Å². The number of nitrogens with two attached hydrogens (primary N) is 1. The van der Waals surface area contributed by atoms with Gasteiger partial charge in [-0.25, -0.2) is 0 Å². The number of thioether (sulfide) groups is 1. The molecule has 0 aliphatic heterocycles. The lowest BCUT2D eigenvalue weighted by molar-refractivity contribution is 0.419. The first-order valence-electron chi connectivity index (χ1n) is 3.37. The fourth-order valence-corrected chi connectivity index (χ4v) is 1.12. The van der Waals surface area contributed by atoms with Gasteiger partial charge in [0.25, 0.3) is 0 Å². The number of aromatic hydroxyl groups is 1. The number of hydrogen-bond acceptors (Lipinski definition) is 5. The Hall–Kier alpha value is -1.43. The Morgan fingerprint density at radius 2 is 2.46 bits per heavy atom. The smallest absolute Gasteiger partial charge is 0.226 e. The Morgan fingerprint density at radius 1 is 1.77 bits per heavy atom. The van der Waals surface area contributed by atoms with E-state index in [0.717, 1.165) is 18.0 Å². The van der Waals surface area contributed by atoms with Crippen molar-refractivity contribution in [3.63, 3.8) is 0 Å². The number of nitrogens with one attached hydrogen (secondary N) is 1. The SMILES string of the molecule is N=C(N)SCc1cc(=O)c(O)co1. The molecule has 0 atom stereocenters. The van der Waals surface area contributed by atoms with E-state index in [4.69, 9.17) is 20.7 Å². The third-order valence-corrected chi connectivity index (χ3v) is 1.98. The zero-order chi connectivity index (χ0) is 9.84. The first kappa shape index (κ1) is 9.66. The van der Waals surface area contributed by atoms with Crippen molar-refractivity contribution >= 4 is 16.9 Å². The molecule has 4 N–H and O–H groups in total. The summed E-state index contributed by atoms with van der Waals surface area (Å²) in [5.74, 6) is 0.268. The number of hydrogen-bond donors (Lipinski definition) is 3. The quantitative estimate of drug-likeness (QED) is 0.476. The first-order chi connectivity index (χ1) is 6.09. The second kappa shape index (κ2) is 3.99.